The molecule has 1 aromatic heterocycles. The lowest BCUT2D eigenvalue weighted by atomic mass is 9.89. The summed E-state index contributed by atoms with van der Waals surface area (Å²) in [5, 5.41) is 1.23. The van der Waals surface area contributed by atoms with Crippen molar-refractivity contribution in [2.75, 3.05) is 33.9 Å². The van der Waals surface area contributed by atoms with Crippen LogP contribution in [0.5, 0.6) is 5.75 Å². The molecule has 1 unspecified atom stereocenters. The number of piperazine rings is 1. The van der Waals surface area contributed by atoms with Gasteiger partial charge in [0.15, 0.2) is 0 Å². The molecule has 2 fully saturated rings. The second-order valence-corrected chi connectivity index (χ2v) is 9.32. The molecule has 0 amide bonds. The first-order valence-electron chi connectivity index (χ1n) is 11.9. The number of aromatic nitrogens is 1. The molecule has 2 heterocycles. The average Bonchev–Trinajstić information content (AvgIpc) is 3.31. The van der Waals surface area contributed by atoms with Crippen LogP contribution in [0.2, 0.25) is 0 Å². The molecule has 5 rings (SSSR count). The third-order valence-corrected chi connectivity index (χ3v) is 7.52. The highest BCUT2D eigenvalue weighted by Crippen LogP contribution is 2.37. The molecule has 1 saturated carbocycles. The molecule has 6 nitrogen and oxygen atoms in total. The van der Waals surface area contributed by atoms with Crippen LogP contribution in [0, 0.1) is 6.92 Å². The van der Waals surface area contributed by atoms with Gasteiger partial charge in [0.1, 0.15) is 5.75 Å². The number of benzene rings is 2. The number of methoxy groups -OCH3 is 2. The number of nitrogens with zero attached hydrogens (tertiary/aromatic N) is 2. The van der Waals surface area contributed by atoms with Crippen molar-refractivity contribution in [2.24, 2.45) is 0 Å². The van der Waals surface area contributed by atoms with Crippen molar-refractivity contribution in [1.82, 2.24) is 14.8 Å². The third-order valence-electron chi connectivity index (χ3n) is 7.52. The largest absolute Gasteiger partial charge is 0.496 e. The predicted octanol–water partition coefficient (Wildman–Crippen LogP) is 4.68. The fourth-order valence-electron chi connectivity index (χ4n) is 5.37. The normalized spacial score (nSPS) is 20.0. The van der Waals surface area contributed by atoms with Gasteiger partial charge in [-0.05, 0) is 55.2 Å². The molecule has 1 atom stereocenters. The van der Waals surface area contributed by atoms with Crippen molar-refractivity contribution < 1.29 is 14.3 Å². The maximum atomic E-state index is 11.9. The van der Waals surface area contributed by atoms with Gasteiger partial charge in [-0.15, -0.1) is 0 Å². The SMILES string of the molecule is COC(=O)c1ccc(C2CN(C3CCC3)CCN2Cc2c(OC)cc(C)c3[nH]ccc23)cc1. The zero-order valence-corrected chi connectivity index (χ0v) is 19.8. The summed E-state index contributed by atoms with van der Waals surface area (Å²) in [6.07, 6.45) is 5.97. The Kier molecular flexibility index (Phi) is 6.13. The summed E-state index contributed by atoms with van der Waals surface area (Å²) in [4.78, 5) is 20.6. The smallest absolute Gasteiger partial charge is 0.337 e. The van der Waals surface area contributed by atoms with Crippen LogP contribution in [0.1, 0.15) is 52.4 Å². The van der Waals surface area contributed by atoms with Gasteiger partial charge in [-0.1, -0.05) is 18.6 Å². The molecule has 1 saturated heterocycles. The van der Waals surface area contributed by atoms with Crippen LogP contribution >= 0.6 is 0 Å². The number of carbonyl (C=O) groups is 1. The molecule has 0 spiro atoms. The van der Waals surface area contributed by atoms with E-state index in [-0.39, 0.29) is 12.0 Å². The zero-order chi connectivity index (χ0) is 22.9. The van der Waals surface area contributed by atoms with Crippen LogP contribution in [0.4, 0.5) is 0 Å². The number of hydrogen-bond donors (Lipinski definition) is 1. The highest BCUT2D eigenvalue weighted by Gasteiger charge is 2.34. The van der Waals surface area contributed by atoms with Gasteiger partial charge < -0.3 is 14.5 Å². The molecule has 33 heavy (non-hydrogen) atoms. The van der Waals surface area contributed by atoms with Crippen molar-refractivity contribution in [3.05, 3.63) is 64.8 Å². The maximum absolute atomic E-state index is 11.9. The van der Waals surface area contributed by atoms with Crippen molar-refractivity contribution >= 4 is 16.9 Å². The van der Waals surface area contributed by atoms with E-state index in [0.29, 0.717) is 11.6 Å². The molecule has 2 aliphatic rings. The van der Waals surface area contributed by atoms with Crippen LogP contribution in [0.15, 0.2) is 42.6 Å². The Morgan fingerprint density at radius 2 is 1.91 bits per heavy atom. The minimum absolute atomic E-state index is 0.256. The molecule has 3 aromatic rings. The maximum Gasteiger partial charge on any atom is 0.337 e. The molecule has 6 heteroatoms. The second kappa shape index (κ2) is 9.20. The Bertz CT molecular complexity index is 1130. The minimum atomic E-state index is -0.294. The summed E-state index contributed by atoms with van der Waals surface area (Å²) in [5.41, 5.74) is 5.43. The highest BCUT2D eigenvalue weighted by atomic mass is 16.5. The third kappa shape index (κ3) is 4.13. The summed E-state index contributed by atoms with van der Waals surface area (Å²) < 4.78 is 10.7. The van der Waals surface area contributed by atoms with Gasteiger partial charge in [0.25, 0.3) is 0 Å². The van der Waals surface area contributed by atoms with Gasteiger partial charge in [0.05, 0.1) is 19.8 Å². The minimum Gasteiger partial charge on any atom is -0.496 e. The van der Waals surface area contributed by atoms with Crippen LogP contribution in [-0.4, -0.2) is 60.6 Å². The summed E-state index contributed by atoms with van der Waals surface area (Å²) in [6.45, 7) is 6.04. The molecular formula is C27H33N3O3. The van der Waals surface area contributed by atoms with Gasteiger partial charge >= 0.3 is 5.97 Å². The fraction of sp³-hybridized carbons (Fsp3) is 0.444. The van der Waals surface area contributed by atoms with E-state index in [4.69, 9.17) is 9.47 Å². The Hall–Kier alpha value is -2.83. The number of esters is 1. The quantitative estimate of drug-likeness (QED) is 0.556. The van der Waals surface area contributed by atoms with Gasteiger partial charge in [0, 0.05) is 60.9 Å². The predicted molar refractivity (Wildman–Crippen MR) is 130 cm³/mol. The van der Waals surface area contributed by atoms with Crippen molar-refractivity contribution in [3.8, 4) is 5.75 Å². The monoisotopic (exact) mass is 447 g/mol. The molecule has 1 aliphatic carbocycles. The van der Waals surface area contributed by atoms with E-state index in [1.165, 1.54) is 54.0 Å². The van der Waals surface area contributed by atoms with E-state index in [9.17, 15) is 4.79 Å². The van der Waals surface area contributed by atoms with Crippen LogP contribution < -0.4 is 4.74 Å². The summed E-state index contributed by atoms with van der Waals surface area (Å²) in [6, 6.07) is 13.2. The number of H-pyrrole nitrogens is 1. The first-order chi connectivity index (χ1) is 16.1. The van der Waals surface area contributed by atoms with Gasteiger partial charge in [-0.3, -0.25) is 9.80 Å². The number of nitrogens with one attached hydrogen (secondary N) is 1. The average molecular weight is 448 g/mol. The van der Waals surface area contributed by atoms with Crippen LogP contribution in [0.3, 0.4) is 0 Å². The Morgan fingerprint density at radius 3 is 2.58 bits per heavy atom. The lowest BCUT2D eigenvalue weighted by Crippen LogP contribution is -2.53. The van der Waals surface area contributed by atoms with E-state index in [1.54, 1.807) is 7.11 Å². The Morgan fingerprint density at radius 1 is 1.12 bits per heavy atom. The molecule has 0 bridgehead atoms. The number of aromatic amines is 1. The van der Waals surface area contributed by atoms with Gasteiger partial charge in [0.2, 0.25) is 0 Å². The molecule has 174 valence electrons. The summed E-state index contributed by atoms with van der Waals surface area (Å²) >= 11 is 0. The standard InChI is InChI=1S/C27H33N3O3/c1-18-15-25(32-2)23(22-11-12-28-26(18)22)16-30-14-13-29(21-5-4-6-21)17-24(30)19-7-9-20(10-8-19)27(31)33-3/h7-12,15,21,24,28H,4-6,13-14,16-17H2,1-3H3. The van der Waals surface area contributed by atoms with Gasteiger partial charge in [-0.25, -0.2) is 4.79 Å². The van der Waals surface area contributed by atoms with E-state index >= 15 is 0 Å². The molecule has 1 N–H and O–H groups in total. The number of fused-ring (bicyclic) bond motifs is 1. The highest BCUT2D eigenvalue weighted by molar-refractivity contribution is 5.89. The molecular weight excluding hydrogens is 414 g/mol. The van der Waals surface area contributed by atoms with Crippen molar-refractivity contribution in [1.29, 1.82) is 0 Å². The number of rotatable bonds is 6. The molecule has 2 aromatic carbocycles. The fourth-order valence-corrected chi connectivity index (χ4v) is 5.37. The topological polar surface area (TPSA) is 57.8 Å². The van der Waals surface area contributed by atoms with Crippen molar-refractivity contribution in [2.45, 2.75) is 44.8 Å². The van der Waals surface area contributed by atoms with Crippen molar-refractivity contribution in [3.63, 3.8) is 0 Å². The zero-order valence-electron chi connectivity index (χ0n) is 19.8. The molecule has 0 radical (unpaired) electrons. The first-order valence-corrected chi connectivity index (χ1v) is 11.9. The number of carbonyl (C=O) groups excluding carboxylic acids is 1. The van der Waals surface area contributed by atoms with E-state index in [2.05, 4.69) is 46.0 Å². The summed E-state index contributed by atoms with van der Waals surface area (Å²) in [7, 11) is 3.18. The lowest BCUT2D eigenvalue weighted by Gasteiger charge is -2.47. The van der Waals surface area contributed by atoms with Crippen LogP contribution in [0.25, 0.3) is 10.9 Å². The van der Waals surface area contributed by atoms with Crippen LogP contribution in [-0.2, 0) is 11.3 Å². The lowest BCUT2D eigenvalue weighted by molar-refractivity contribution is 0.0188. The van der Waals surface area contributed by atoms with E-state index in [1.807, 2.05) is 18.3 Å². The first kappa shape index (κ1) is 22.0. The number of hydrogen-bond acceptors (Lipinski definition) is 5. The Balaban J connectivity index is 1.47. The van der Waals surface area contributed by atoms with E-state index < -0.39 is 0 Å². The van der Waals surface area contributed by atoms with E-state index in [0.717, 1.165) is 31.9 Å². The Labute approximate surface area is 195 Å². The number of aryl methyl sites for hydroxylation is 1. The second-order valence-electron chi connectivity index (χ2n) is 9.32. The summed E-state index contributed by atoms with van der Waals surface area (Å²) in [5.74, 6) is 0.651. The number of ether oxygens (including phenoxy) is 2. The molecule has 1 aliphatic heterocycles. The van der Waals surface area contributed by atoms with Gasteiger partial charge in [-0.2, -0.15) is 0 Å².